The Kier molecular flexibility index (Phi) is 7.09. The van der Waals surface area contributed by atoms with Gasteiger partial charge in [-0.1, -0.05) is 6.42 Å². The average molecular weight is 323 g/mol. The first kappa shape index (κ1) is 17.5. The van der Waals surface area contributed by atoms with E-state index >= 15 is 0 Å². The lowest BCUT2D eigenvalue weighted by Gasteiger charge is -2.26. The third kappa shape index (κ3) is 6.03. The highest BCUT2D eigenvalue weighted by atomic mass is 16.5. The number of furan rings is 1. The van der Waals surface area contributed by atoms with Gasteiger partial charge in [-0.05, 0) is 25.5 Å². The van der Waals surface area contributed by atoms with Gasteiger partial charge >= 0.3 is 0 Å². The van der Waals surface area contributed by atoms with Gasteiger partial charge in [0.25, 0.3) is 5.91 Å². The monoisotopic (exact) mass is 323 g/mol. The van der Waals surface area contributed by atoms with Gasteiger partial charge in [-0.15, -0.1) is 0 Å². The Balaban J connectivity index is 1.57. The van der Waals surface area contributed by atoms with Crippen molar-refractivity contribution in [3.8, 4) is 0 Å². The predicted octanol–water partition coefficient (Wildman–Crippen LogP) is 1.47. The van der Waals surface area contributed by atoms with E-state index in [9.17, 15) is 9.59 Å². The fourth-order valence-corrected chi connectivity index (χ4v) is 2.47. The number of unbranched alkanes of at least 4 members (excludes halogenated alkanes) is 2. The third-order valence-corrected chi connectivity index (χ3v) is 3.80. The zero-order valence-electron chi connectivity index (χ0n) is 13.6. The second-order valence-electron chi connectivity index (χ2n) is 5.56. The first-order valence-electron chi connectivity index (χ1n) is 8.11. The molecule has 1 aliphatic rings. The second kappa shape index (κ2) is 9.32. The van der Waals surface area contributed by atoms with E-state index in [-0.39, 0.29) is 17.6 Å². The Bertz CT molecular complexity index is 509. The van der Waals surface area contributed by atoms with Gasteiger partial charge < -0.3 is 14.5 Å². The standard InChI is InChI=1S/C16H25N3O4/c1-17-16(21)13-6-7-15(23-13)18-14(20)5-3-2-4-8-19-9-11-22-12-10-19/h6-7H,2-5,8-12H2,1H3,(H,17,21)(H,18,20). The van der Waals surface area contributed by atoms with Crippen LogP contribution < -0.4 is 10.6 Å². The van der Waals surface area contributed by atoms with Crippen LogP contribution in [-0.4, -0.2) is 56.6 Å². The molecular formula is C16H25N3O4. The Morgan fingerprint density at radius 3 is 2.70 bits per heavy atom. The minimum atomic E-state index is -0.311. The number of amides is 2. The lowest BCUT2D eigenvalue weighted by molar-refractivity contribution is -0.116. The van der Waals surface area contributed by atoms with Gasteiger partial charge in [-0.2, -0.15) is 0 Å². The van der Waals surface area contributed by atoms with Crippen molar-refractivity contribution in [2.45, 2.75) is 25.7 Å². The number of carbonyl (C=O) groups is 2. The van der Waals surface area contributed by atoms with Crippen molar-refractivity contribution in [2.24, 2.45) is 0 Å². The minimum absolute atomic E-state index is 0.0887. The number of hydrogen-bond acceptors (Lipinski definition) is 5. The summed E-state index contributed by atoms with van der Waals surface area (Å²) in [6.07, 6.45) is 3.42. The molecule has 1 aliphatic heterocycles. The molecule has 0 spiro atoms. The zero-order valence-corrected chi connectivity index (χ0v) is 13.6. The zero-order chi connectivity index (χ0) is 16.5. The van der Waals surface area contributed by atoms with Gasteiger partial charge in [-0.25, -0.2) is 0 Å². The van der Waals surface area contributed by atoms with Crippen molar-refractivity contribution in [3.05, 3.63) is 17.9 Å². The highest BCUT2D eigenvalue weighted by Gasteiger charge is 2.12. The van der Waals surface area contributed by atoms with Crippen LogP contribution in [0, 0.1) is 0 Å². The maximum atomic E-state index is 11.8. The Morgan fingerprint density at radius 2 is 1.96 bits per heavy atom. The Hall–Kier alpha value is -1.86. The summed E-state index contributed by atoms with van der Waals surface area (Å²) in [7, 11) is 1.53. The molecule has 0 atom stereocenters. The Labute approximate surface area is 136 Å². The molecule has 23 heavy (non-hydrogen) atoms. The number of rotatable bonds is 8. The summed E-state index contributed by atoms with van der Waals surface area (Å²) in [5.41, 5.74) is 0. The first-order valence-corrected chi connectivity index (χ1v) is 8.11. The summed E-state index contributed by atoms with van der Waals surface area (Å²) in [6, 6.07) is 3.12. The molecule has 0 unspecified atom stereocenters. The summed E-state index contributed by atoms with van der Waals surface area (Å²) in [6.45, 7) is 4.73. The summed E-state index contributed by atoms with van der Waals surface area (Å²) < 4.78 is 10.6. The van der Waals surface area contributed by atoms with Crippen LogP contribution in [-0.2, 0) is 9.53 Å². The van der Waals surface area contributed by atoms with Crippen LogP contribution in [0.1, 0.15) is 36.2 Å². The third-order valence-electron chi connectivity index (χ3n) is 3.80. The molecule has 2 heterocycles. The van der Waals surface area contributed by atoms with Crippen LogP contribution in [0.25, 0.3) is 0 Å². The molecule has 1 saturated heterocycles. The highest BCUT2D eigenvalue weighted by Crippen LogP contribution is 2.14. The number of ether oxygens (including phenoxy) is 1. The Morgan fingerprint density at radius 1 is 1.17 bits per heavy atom. The van der Waals surface area contributed by atoms with Crippen LogP contribution in [0.2, 0.25) is 0 Å². The average Bonchev–Trinajstić information content (AvgIpc) is 3.03. The summed E-state index contributed by atoms with van der Waals surface area (Å²) in [5.74, 6) is 0.0954. The number of hydrogen-bond donors (Lipinski definition) is 2. The smallest absolute Gasteiger partial charge is 0.286 e. The van der Waals surface area contributed by atoms with Crippen LogP contribution >= 0.6 is 0 Å². The van der Waals surface area contributed by atoms with Crippen molar-refractivity contribution in [1.29, 1.82) is 0 Å². The van der Waals surface area contributed by atoms with E-state index in [1.807, 2.05) is 0 Å². The number of anilines is 1. The predicted molar refractivity (Wildman–Crippen MR) is 86.5 cm³/mol. The maximum absolute atomic E-state index is 11.8. The molecular weight excluding hydrogens is 298 g/mol. The molecule has 2 N–H and O–H groups in total. The molecule has 7 nitrogen and oxygen atoms in total. The van der Waals surface area contributed by atoms with E-state index in [2.05, 4.69) is 15.5 Å². The largest absolute Gasteiger partial charge is 0.435 e. The molecule has 128 valence electrons. The van der Waals surface area contributed by atoms with E-state index in [0.717, 1.165) is 52.1 Å². The molecule has 2 amide bonds. The quantitative estimate of drug-likeness (QED) is 0.708. The topological polar surface area (TPSA) is 83.8 Å². The molecule has 0 bridgehead atoms. The van der Waals surface area contributed by atoms with Crippen LogP contribution in [0.5, 0.6) is 0 Å². The van der Waals surface area contributed by atoms with Gasteiger partial charge in [0.15, 0.2) is 11.6 Å². The molecule has 7 heteroatoms. The lowest BCUT2D eigenvalue weighted by atomic mass is 10.2. The van der Waals surface area contributed by atoms with Crippen molar-refractivity contribution in [1.82, 2.24) is 10.2 Å². The summed E-state index contributed by atoms with van der Waals surface area (Å²) in [5, 5.41) is 5.14. The maximum Gasteiger partial charge on any atom is 0.286 e. The van der Waals surface area contributed by atoms with Gasteiger partial charge in [0.2, 0.25) is 5.91 Å². The van der Waals surface area contributed by atoms with Crippen molar-refractivity contribution in [2.75, 3.05) is 45.2 Å². The first-order chi connectivity index (χ1) is 11.2. The normalized spacial score (nSPS) is 15.3. The van der Waals surface area contributed by atoms with E-state index in [1.54, 1.807) is 6.07 Å². The van der Waals surface area contributed by atoms with E-state index in [0.29, 0.717) is 12.3 Å². The number of nitrogens with one attached hydrogen (secondary N) is 2. The van der Waals surface area contributed by atoms with Gasteiger partial charge in [0.1, 0.15) is 0 Å². The van der Waals surface area contributed by atoms with Crippen molar-refractivity contribution >= 4 is 17.7 Å². The van der Waals surface area contributed by atoms with Gasteiger partial charge in [0, 0.05) is 32.6 Å². The van der Waals surface area contributed by atoms with E-state index in [4.69, 9.17) is 9.15 Å². The molecule has 0 saturated carbocycles. The van der Waals surface area contributed by atoms with Crippen LogP contribution in [0.3, 0.4) is 0 Å². The second-order valence-corrected chi connectivity index (χ2v) is 5.56. The number of carbonyl (C=O) groups excluding carboxylic acids is 2. The number of nitrogens with zero attached hydrogens (tertiary/aromatic N) is 1. The van der Waals surface area contributed by atoms with Gasteiger partial charge in [-0.3, -0.25) is 19.8 Å². The van der Waals surface area contributed by atoms with Crippen molar-refractivity contribution < 1.29 is 18.7 Å². The van der Waals surface area contributed by atoms with Crippen LogP contribution in [0.4, 0.5) is 5.88 Å². The fourth-order valence-electron chi connectivity index (χ4n) is 2.47. The lowest BCUT2D eigenvalue weighted by Crippen LogP contribution is -2.36. The summed E-state index contributed by atoms with van der Waals surface area (Å²) >= 11 is 0. The van der Waals surface area contributed by atoms with Gasteiger partial charge in [0.05, 0.1) is 13.2 Å². The molecule has 2 rings (SSSR count). The number of morpholine rings is 1. The summed E-state index contributed by atoms with van der Waals surface area (Å²) in [4.78, 5) is 25.6. The minimum Gasteiger partial charge on any atom is -0.435 e. The molecule has 0 radical (unpaired) electrons. The molecule has 1 fully saturated rings. The molecule has 0 aromatic carbocycles. The van der Waals surface area contributed by atoms with Crippen molar-refractivity contribution in [3.63, 3.8) is 0 Å². The van der Waals surface area contributed by atoms with Crippen LogP contribution in [0.15, 0.2) is 16.5 Å². The molecule has 0 aliphatic carbocycles. The highest BCUT2D eigenvalue weighted by molar-refractivity contribution is 5.93. The SMILES string of the molecule is CNC(=O)c1ccc(NC(=O)CCCCCN2CCOCC2)o1. The van der Waals surface area contributed by atoms with E-state index in [1.165, 1.54) is 13.1 Å². The van der Waals surface area contributed by atoms with E-state index < -0.39 is 0 Å². The fraction of sp³-hybridized carbons (Fsp3) is 0.625. The molecule has 1 aromatic heterocycles. The molecule has 1 aromatic rings.